The summed E-state index contributed by atoms with van der Waals surface area (Å²) in [6.07, 6.45) is 1.33. The maximum absolute atomic E-state index is 13.5. The molecule has 1 aliphatic heterocycles. The molecule has 164 valence electrons. The van der Waals surface area contributed by atoms with Crippen molar-refractivity contribution in [3.8, 4) is 0 Å². The second kappa shape index (κ2) is 9.73. The van der Waals surface area contributed by atoms with Crippen LogP contribution in [0.15, 0.2) is 47.6 Å². The summed E-state index contributed by atoms with van der Waals surface area (Å²) in [6.45, 7) is 6.50. The number of hydrazone groups is 1. The van der Waals surface area contributed by atoms with Crippen molar-refractivity contribution in [1.82, 2.24) is 15.2 Å². The Morgan fingerprint density at radius 2 is 1.87 bits per heavy atom. The van der Waals surface area contributed by atoms with Gasteiger partial charge in [0.15, 0.2) is 0 Å². The van der Waals surface area contributed by atoms with Gasteiger partial charge < -0.3 is 10.2 Å². The van der Waals surface area contributed by atoms with Crippen LogP contribution in [0.2, 0.25) is 0 Å². The number of nitrogens with one attached hydrogen (secondary N) is 1. The molecular weight excluding hydrogens is 395 g/mol. The lowest BCUT2D eigenvalue weighted by Gasteiger charge is -2.25. The average Bonchev–Trinajstić information content (AvgIpc) is 3.20. The second-order valence-corrected chi connectivity index (χ2v) is 7.94. The van der Waals surface area contributed by atoms with E-state index in [1.807, 2.05) is 32.9 Å². The van der Waals surface area contributed by atoms with Gasteiger partial charge in [0, 0.05) is 20.0 Å². The molecule has 0 radical (unpaired) electrons. The Bertz CT molecular complexity index is 988. The first-order chi connectivity index (χ1) is 14.8. The fourth-order valence-electron chi connectivity index (χ4n) is 3.49. The molecule has 0 saturated carbocycles. The molecule has 0 aliphatic carbocycles. The number of benzene rings is 2. The van der Waals surface area contributed by atoms with Crippen LogP contribution in [0.4, 0.5) is 9.18 Å². The van der Waals surface area contributed by atoms with Crippen LogP contribution in [0.3, 0.4) is 0 Å². The van der Waals surface area contributed by atoms with Crippen molar-refractivity contribution < 1.29 is 14.0 Å². The SMILES string of the molecule is CCCNC(=O)N(C)CC(=O)N1N=C(c2ccc(C)c(C)c2)CC1c1ccc(F)cc1. The van der Waals surface area contributed by atoms with Crippen LogP contribution < -0.4 is 5.32 Å². The van der Waals surface area contributed by atoms with Crippen LogP contribution in [0.5, 0.6) is 0 Å². The van der Waals surface area contributed by atoms with Crippen molar-refractivity contribution in [3.63, 3.8) is 0 Å². The highest BCUT2D eigenvalue weighted by Gasteiger charge is 2.34. The Kier molecular flexibility index (Phi) is 7.05. The zero-order valence-electron chi connectivity index (χ0n) is 18.5. The number of carbonyl (C=O) groups is 2. The first kappa shape index (κ1) is 22.5. The standard InChI is InChI=1S/C24H29FN4O2/c1-5-12-26-24(31)28(4)15-23(30)29-22(18-8-10-20(25)11-9-18)14-21(27-29)19-7-6-16(2)17(3)13-19/h6-11,13,22H,5,12,14-15H2,1-4H3,(H,26,31). The number of halogens is 1. The fourth-order valence-corrected chi connectivity index (χ4v) is 3.49. The molecule has 0 bridgehead atoms. The van der Waals surface area contributed by atoms with Crippen LogP contribution in [0, 0.1) is 19.7 Å². The molecule has 1 atom stereocenters. The van der Waals surface area contributed by atoms with Crippen molar-refractivity contribution in [3.05, 3.63) is 70.5 Å². The molecule has 3 rings (SSSR count). The van der Waals surface area contributed by atoms with Gasteiger partial charge in [0.1, 0.15) is 12.4 Å². The molecule has 3 amide bonds. The molecule has 31 heavy (non-hydrogen) atoms. The van der Waals surface area contributed by atoms with Crippen LogP contribution in [0.1, 0.15) is 48.1 Å². The van der Waals surface area contributed by atoms with E-state index in [-0.39, 0.29) is 30.3 Å². The van der Waals surface area contributed by atoms with Crippen LogP contribution in [-0.4, -0.2) is 47.7 Å². The van der Waals surface area contributed by atoms with Crippen LogP contribution in [0.25, 0.3) is 0 Å². The quantitative estimate of drug-likeness (QED) is 0.756. The zero-order chi connectivity index (χ0) is 22.5. The van der Waals surface area contributed by atoms with E-state index in [1.54, 1.807) is 19.2 Å². The predicted octanol–water partition coefficient (Wildman–Crippen LogP) is 4.17. The van der Waals surface area contributed by atoms with Gasteiger partial charge >= 0.3 is 6.03 Å². The molecule has 1 heterocycles. The smallest absolute Gasteiger partial charge is 0.317 e. The van der Waals surface area contributed by atoms with Crippen molar-refractivity contribution in [1.29, 1.82) is 0 Å². The van der Waals surface area contributed by atoms with E-state index in [2.05, 4.69) is 16.5 Å². The minimum Gasteiger partial charge on any atom is -0.338 e. The highest BCUT2D eigenvalue weighted by molar-refractivity contribution is 6.03. The Morgan fingerprint density at radius 3 is 2.52 bits per heavy atom. The average molecular weight is 425 g/mol. The van der Waals surface area contributed by atoms with E-state index >= 15 is 0 Å². The van der Waals surface area contributed by atoms with Crippen molar-refractivity contribution in [2.45, 2.75) is 39.7 Å². The summed E-state index contributed by atoms with van der Waals surface area (Å²) in [5, 5.41) is 8.83. The number of amides is 3. The van der Waals surface area contributed by atoms with E-state index in [4.69, 9.17) is 0 Å². The number of likely N-dealkylation sites (N-methyl/N-ethyl adjacent to an activating group) is 1. The topological polar surface area (TPSA) is 65.0 Å². The van der Waals surface area contributed by atoms with Crippen molar-refractivity contribution in [2.24, 2.45) is 5.10 Å². The molecule has 0 saturated heterocycles. The fraction of sp³-hybridized carbons (Fsp3) is 0.375. The van der Waals surface area contributed by atoms with E-state index in [0.29, 0.717) is 13.0 Å². The summed E-state index contributed by atoms with van der Waals surface area (Å²) in [4.78, 5) is 26.6. The minimum atomic E-state index is -0.350. The summed E-state index contributed by atoms with van der Waals surface area (Å²) >= 11 is 0. The summed E-state index contributed by atoms with van der Waals surface area (Å²) < 4.78 is 13.5. The van der Waals surface area contributed by atoms with Gasteiger partial charge in [0.2, 0.25) is 0 Å². The predicted molar refractivity (Wildman–Crippen MR) is 119 cm³/mol. The summed E-state index contributed by atoms with van der Waals surface area (Å²) in [5.74, 6) is -0.621. The summed E-state index contributed by atoms with van der Waals surface area (Å²) in [7, 11) is 1.58. The Labute approximate surface area is 182 Å². The minimum absolute atomic E-state index is 0.100. The van der Waals surface area contributed by atoms with Crippen LogP contribution >= 0.6 is 0 Å². The molecular formula is C24H29FN4O2. The largest absolute Gasteiger partial charge is 0.338 e. The van der Waals surface area contributed by atoms with Gasteiger partial charge in [-0.15, -0.1) is 0 Å². The lowest BCUT2D eigenvalue weighted by atomic mass is 9.96. The van der Waals surface area contributed by atoms with Crippen LogP contribution in [-0.2, 0) is 4.79 Å². The van der Waals surface area contributed by atoms with Crippen molar-refractivity contribution in [2.75, 3.05) is 20.1 Å². The van der Waals surface area contributed by atoms with Gasteiger partial charge in [0.05, 0.1) is 11.8 Å². The number of urea groups is 1. The third kappa shape index (κ3) is 5.29. The molecule has 2 aromatic rings. The van der Waals surface area contributed by atoms with E-state index in [1.165, 1.54) is 27.6 Å². The molecule has 1 unspecified atom stereocenters. The van der Waals surface area contributed by atoms with Gasteiger partial charge in [-0.2, -0.15) is 5.10 Å². The van der Waals surface area contributed by atoms with Crippen molar-refractivity contribution >= 4 is 17.6 Å². The van der Waals surface area contributed by atoms with E-state index in [0.717, 1.165) is 28.8 Å². The second-order valence-electron chi connectivity index (χ2n) is 7.94. The highest BCUT2D eigenvalue weighted by atomic mass is 19.1. The highest BCUT2D eigenvalue weighted by Crippen LogP contribution is 2.33. The van der Waals surface area contributed by atoms with Gasteiger partial charge in [-0.1, -0.05) is 31.2 Å². The lowest BCUT2D eigenvalue weighted by Crippen LogP contribution is -2.43. The first-order valence-electron chi connectivity index (χ1n) is 10.5. The molecule has 2 aromatic carbocycles. The van der Waals surface area contributed by atoms with Gasteiger partial charge in [0.25, 0.3) is 5.91 Å². The van der Waals surface area contributed by atoms with Gasteiger partial charge in [-0.25, -0.2) is 14.2 Å². The number of rotatable bonds is 6. The maximum atomic E-state index is 13.5. The third-order valence-corrected chi connectivity index (χ3v) is 5.51. The molecule has 1 N–H and O–H groups in total. The Morgan fingerprint density at radius 1 is 1.16 bits per heavy atom. The zero-order valence-corrected chi connectivity index (χ0v) is 18.5. The number of carbonyl (C=O) groups excluding carboxylic acids is 2. The monoisotopic (exact) mass is 424 g/mol. The first-order valence-corrected chi connectivity index (χ1v) is 10.5. The van der Waals surface area contributed by atoms with E-state index in [9.17, 15) is 14.0 Å². The lowest BCUT2D eigenvalue weighted by molar-refractivity contribution is -0.133. The molecule has 0 aromatic heterocycles. The molecule has 7 heteroatoms. The molecule has 1 aliphatic rings. The summed E-state index contributed by atoms with van der Waals surface area (Å²) in [5.41, 5.74) is 4.89. The van der Waals surface area contributed by atoms with Gasteiger partial charge in [-0.3, -0.25) is 4.79 Å². The molecule has 0 fully saturated rings. The maximum Gasteiger partial charge on any atom is 0.317 e. The molecule has 6 nitrogen and oxygen atoms in total. The third-order valence-electron chi connectivity index (χ3n) is 5.51. The number of hydrogen-bond donors (Lipinski definition) is 1. The normalized spacial score (nSPS) is 15.6. The van der Waals surface area contributed by atoms with E-state index < -0.39 is 0 Å². The Hall–Kier alpha value is -3.22. The summed E-state index contributed by atoms with van der Waals surface area (Å²) in [6, 6.07) is 11.6. The van der Waals surface area contributed by atoms with Gasteiger partial charge in [-0.05, 0) is 60.7 Å². The number of aryl methyl sites for hydroxylation is 2. The molecule has 0 spiro atoms. The number of hydrogen-bond acceptors (Lipinski definition) is 3. The Balaban J connectivity index is 1.86. The number of nitrogens with zero attached hydrogens (tertiary/aromatic N) is 3.